The number of piperazine rings is 1. The number of hydrogen-bond donors (Lipinski definition) is 1. The van der Waals surface area contributed by atoms with E-state index in [1.54, 1.807) is 0 Å². The standard InChI is InChI=1S/C7H16N2.2ClH/c1-3-7-6-8-4-5-9(7)2;;/h7-8H,3-6H2,1-2H3;2*1H/t7-;;/m1../s1. The fourth-order valence-electron chi connectivity index (χ4n) is 1.32. The van der Waals surface area contributed by atoms with E-state index in [-0.39, 0.29) is 24.8 Å². The highest BCUT2D eigenvalue weighted by Crippen LogP contribution is 2.02. The van der Waals surface area contributed by atoms with E-state index in [0.717, 1.165) is 12.6 Å². The summed E-state index contributed by atoms with van der Waals surface area (Å²) in [5.74, 6) is 0. The molecule has 0 spiro atoms. The summed E-state index contributed by atoms with van der Waals surface area (Å²) in [5.41, 5.74) is 0. The lowest BCUT2D eigenvalue weighted by Gasteiger charge is -2.32. The summed E-state index contributed by atoms with van der Waals surface area (Å²) in [6.07, 6.45) is 1.27. The Hall–Kier alpha value is 0.500. The maximum atomic E-state index is 3.37. The molecule has 0 amide bonds. The molecule has 1 N–H and O–H groups in total. The van der Waals surface area contributed by atoms with Crippen molar-refractivity contribution in [1.29, 1.82) is 0 Å². The van der Waals surface area contributed by atoms with E-state index in [9.17, 15) is 0 Å². The highest BCUT2D eigenvalue weighted by atomic mass is 35.5. The average molecular weight is 201 g/mol. The molecular weight excluding hydrogens is 183 g/mol. The largest absolute Gasteiger partial charge is 0.314 e. The summed E-state index contributed by atoms with van der Waals surface area (Å²) < 4.78 is 0. The Morgan fingerprint density at radius 2 is 2.09 bits per heavy atom. The lowest BCUT2D eigenvalue weighted by molar-refractivity contribution is 0.195. The van der Waals surface area contributed by atoms with Gasteiger partial charge in [-0.3, -0.25) is 0 Å². The third-order valence-corrected chi connectivity index (χ3v) is 2.12. The molecule has 11 heavy (non-hydrogen) atoms. The predicted molar refractivity (Wildman–Crippen MR) is 54.1 cm³/mol. The first kappa shape index (κ1) is 14.0. The molecular formula is C7H18Cl2N2. The smallest absolute Gasteiger partial charge is 0.0215 e. The van der Waals surface area contributed by atoms with Crippen molar-refractivity contribution in [1.82, 2.24) is 10.2 Å². The van der Waals surface area contributed by atoms with E-state index in [1.807, 2.05) is 0 Å². The first-order valence-corrected chi connectivity index (χ1v) is 3.75. The van der Waals surface area contributed by atoms with Gasteiger partial charge in [0.2, 0.25) is 0 Å². The number of hydrogen-bond acceptors (Lipinski definition) is 2. The minimum Gasteiger partial charge on any atom is -0.314 e. The number of nitrogens with zero attached hydrogens (tertiary/aromatic N) is 1. The van der Waals surface area contributed by atoms with Crippen molar-refractivity contribution in [3.05, 3.63) is 0 Å². The molecule has 0 radical (unpaired) electrons. The second-order valence-electron chi connectivity index (χ2n) is 2.75. The molecule has 0 saturated carbocycles. The Kier molecular flexibility index (Phi) is 9.15. The summed E-state index contributed by atoms with van der Waals surface area (Å²) in [6.45, 7) is 5.78. The van der Waals surface area contributed by atoms with Gasteiger partial charge < -0.3 is 10.2 Å². The zero-order chi connectivity index (χ0) is 6.69. The van der Waals surface area contributed by atoms with E-state index in [1.165, 1.54) is 19.5 Å². The zero-order valence-electron chi connectivity index (χ0n) is 7.17. The van der Waals surface area contributed by atoms with E-state index >= 15 is 0 Å². The van der Waals surface area contributed by atoms with Crippen LogP contribution in [0.2, 0.25) is 0 Å². The summed E-state index contributed by atoms with van der Waals surface area (Å²) in [6, 6.07) is 0.777. The molecule has 0 aromatic rings. The van der Waals surface area contributed by atoms with Crippen molar-refractivity contribution in [2.45, 2.75) is 19.4 Å². The first-order chi connectivity index (χ1) is 4.34. The maximum Gasteiger partial charge on any atom is 0.0215 e. The molecule has 2 nitrogen and oxygen atoms in total. The van der Waals surface area contributed by atoms with Gasteiger partial charge in [0.1, 0.15) is 0 Å². The fraction of sp³-hybridized carbons (Fsp3) is 1.00. The number of halogens is 2. The van der Waals surface area contributed by atoms with Gasteiger partial charge in [0.15, 0.2) is 0 Å². The average Bonchev–Trinajstić information content (AvgIpc) is 1.89. The van der Waals surface area contributed by atoms with Crippen molar-refractivity contribution in [2.24, 2.45) is 0 Å². The van der Waals surface area contributed by atoms with Gasteiger partial charge in [0.05, 0.1) is 0 Å². The van der Waals surface area contributed by atoms with Crippen molar-refractivity contribution in [3.63, 3.8) is 0 Å². The SMILES string of the molecule is CC[C@@H]1CNCCN1C.Cl.Cl. The molecule has 1 heterocycles. The Morgan fingerprint density at radius 1 is 1.45 bits per heavy atom. The highest BCUT2D eigenvalue weighted by Gasteiger charge is 2.15. The minimum absolute atomic E-state index is 0. The van der Waals surface area contributed by atoms with Crippen LogP contribution < -0.4 is 5.32 Å². The molecule has 0 aromatic carbocycles. The van der Waals surface area contributed by atoms with Gasteiger partial charge in [-0.05, 0) is 13.5 Å². The topological polar surface area (TPSA) is 15.3 Å². The molecule has 1 saturated heterocycles. The molecule has 0 unspecified atom stereocenters. The van der Waals surface area contributed by atoms with E-state index in [0.29, 0.717) is 0 Å². The predicted octanol–water partition coefficient (Wildman–Crippen LogP) is 1.14. The molecule has 1 aliphatic heterocycles. The van der Waals surface area contributed by atoms with Crippen molar-refractivity contribution in [2.75, 3.05) is 26.7 Å². The normalized spacial score (nSPS) is 25.1. The van der Waals surface area contributed by atoms with Crippen molar-refractivity contribution >= 4 is 24.8 Å². The van der Waals surface area contributed by atoms with Crippen molar-refractivity contribution < 1.29 is 0 Å². The fourth-order valence-corrected chi connectivity index (χ4v) is 1.32. The molecule has 0 bridgehead atoms. The molecule has 1 aliphatic rings. The summed E-state index contributed by atoms with van der Waals surface area (Å²) in [4.78, 5) is 2.43. The van der Waals surface area contributed by atoms with Crippen LogP contribution in [0.4, 0.5) is 0 Å². The van der Waals surface area contributed by atoms with Crippen LogP contribution in [0.1, 0.15) is 13.3 Å². The molecule has 1 atom stereocenters. The van der Waals surface area contributed by atoms with Gasteiger partial charge in [-0.1, -0.05) is 6.92 Å². The van der Waals surface area contributed by atoms with Crippen LogP contribution in [-0.4, -0.2) is 37.6 Å². The number of likely N-dealkylation sites (N-methyl/N-ethyl adjacent to an activating group) is 1. The van der Waals surface area contributed by atoms with Crippen LogP contribution in [0, 0.1) is 0 Å². The van der Waals surface area contributed by atoms with Crippen LogP contribution in [0.5, 0.6) is 0 Å². The molecule has 0 aliphatic carbocycles. The third kappa shape index (κ3) is 4.16. The van der Waals surface area contributed by atoms with Gasteiger partial charge in [-0.25, -0.2) is 0 Å². The van der Waals surface area contributed by atoms with Gasteiger partial charge in [-0.2, -0.15) is 0 Å². The highest BCUT2D eigenvalue weighted by molar-refractivity contribution is 5.85. The maximum absolute atomic E-state index is 3.37. The zero-order valence-corrected chi connectivity index (χ0v) is 8.80. The number of nitrogens with one attached hydrogen (secondary N) is 1. The van der Waals surface area contributed by atoms with E-state index in [2.05, 4.69) is 24.2 Å². The van der Waals surface area contributed by atoms with Crippen LogP contribution >= 0.6 is 24.8 Å². The van der Waals surface area contributed by atoms with Crippen LogP contribution in [0.25, 0.3) is 0 Å². The Balaban J connectivity index is 0. The summed E-state index contributed by atoms with van der Waals surface area (Å²) >= 11 is 0. The lowest BCUT2D eigenvalue weighted by Crippen LogP contribution is -2.48. The van der Waals surface area contributed by atoms with Crippen molar-refractivity contribution in [3.8, 4) is 0 Å². The van der Waals surface area contributed by atoms with Crippen LogP contribution in [-0.2, 0) is 0 Å². The number of rotatable bonds is 1. The summed E-state index contributed by atoms with van der Waals surface area (Å²) in [5, 5.41) is 3.37. The molecule has 0 aromatic heterocycles. The molecule has 1 fully saturated rings. The molecule has 1 rings (SSSR count). The first-order valence-electron chi connectivity index (χ1n) is 3.75. The van der Waals surface area contributed by atoms with Gasteiger partial charge in [0.25, 0.3) is 0 Å². The Morgan fingerprint density at radius 3 is 2.45 bits per heavy atom. The monoisotopic (exact) mass is 200 g/mol. The molecule has 4 heteroatoms. The van der Waals surface area contributed by atoms with E-state index < -0.39 is 0 Å². The van der Waals surface area contributed by atoms with Gasteiger partial charge in [-0.15, -0.1) is 24.8 Å². The Labute approximate surface area is 81.5 Å². The molecule has 70 valence electrons. The van der Waals surface area contributed by atoms with Gasteiger partial charge >= 0.3 is 0 Å². The third-order valence-electron chi connectivity index (χ3n) is 2.12. The Bertz CT molecular complexity index is 90.5. The van der Waals surface area contributed by atoms with Gasteiger partial charge in [0, 0.05) is 25.7 Å². The summed E-state index contributed by atoms with van der Waals surface area (Å²) in [7, 11) is 2.20. The second-order valence-corrected chi connectivity index (χ2v) is 2.75. The van der Waals surface area contributed by atoms with E-state index in [4.69, 9.17) is 0 Å². The lowest BCUT2D eigenvalue weighted by atomic mass is 10.1. The second kappa shape index (κ2) is 7.17. The minimum atomic E-state index is 0. The van der Waals surface area contributed by atoms with Crippen LogP contribution in [0.15, 0.2) is 0 Å². The quantitative estimate of drug-likeness (QED) is 0.684. The van der Waals surface area contributed by atoms with Crippen LogP contribution in [0.3, 0.4) is 0 Å².